The Morgan fingerprint density at radius 2 is 1.54 bits per heavy atom. The Kier molecular flexibility index (Phi) is 13.3. The number of imide groups is 1. The summed E-state index contributed by atoms with van der Waals surface area (Å²) in [5.74, 6) is -1.68. The van der Waals surface area contributed by atoms with Crippen LogP contribution >= 0.6 is 0 Å². The summed E-state index contributed by atoms with van der Waals surface area (Å²) in [6.45, 7) is 22.1. The van der Waals surface area contributed by atoms with Gasteiger partial charge in [-0.25, -0.2) is 9.69 Å². The summed E-state index contributed by atoms with van der Waals surface area (Å²) in [5.41, 5.74) is -4.29. The maximum atomic E-state index is 14.5. The number of hydrogen-bond donors (Lipinski definition) is 1. The van der Waals surface area contributed by atoms with E-state index in [1.165, 1.54) is 38.2 Å². The number of unbranched alkanes of at least 4 members (excludes halogenated alkanes) is 6. The number of epoxide rings is 1. The van der Waals surface area contributed by atoms with E-state index in [0.717, 1.165) is 29.3 Å². The Morgan fingerprint density at radius 3 is 2.10 bits per heavy atom. The average Bonchev–Trinajstić information content (AvgIpc) is 3.69. The predicted octanol–water partition coefficient (Wildman–Crippen LogP) is 7.90. The molecule has 2 saturated heterocycles. The average molecular weight is 702 g/mol. The molecule has 1 aromatic carbocycles. The van der Waals surface area contributed by atoms with Crippen LogP contribution in [0.3, 0.4) is 0 Å². The predicted molar refractivity (Wildman–Crippen MR) is 198 cm³/mol. The molecule has 8 nitrogen and oxygen atoms in total. The van der Waals surface area contributed by atoms with Crippen molar-refractivity contribution in [2.45, 2.75) is 166 Å². The lowest BCUT2D eigenvalue weighted by molar-refractivity contribution is -0.150. The van der Waals surface area contributed by atoms with Crippen LogP contribution in [0.25, 0.3) is 0 Å². The Hall–Kier alpha value is -2.12. The molecule has 0 aromatic heterocycles. The summed E-state index contributed by atoms with van der Waals surface area (Å²) in [6.07, 6.45) is 11.3. The number of likely N-dealkylation sites (tertiary alicyclic amines) is 1. The fourth-order valence-electron chi connectivity index (χ4n) is 6.58. The number of aliphatic hydroxyl groups is 1. The summed E-state index contributed by atoms with van der Waals surface area (Å²) in [6, 6.07) is 8.80. The fraction of sp³-hybridized carbons (Fsp3) is 0.711. The summed E-state index contributed by atoms with van der Waals surface area (Å²) in [4.78, 5) is 43.5. The summed E-state index contributed by atoms with van der Waals surface area (Å²) >= 11 is 0. The van der Waals surface area contributed by atoms with E-state index in [0.29, 0.717) is 0 Å². The van der Waals surface area contributed by atoms with E-state index in [9.17, 15) is 19.5 Å². The van der Waals surface area contributed by atoms with Crippen molar-refractivity contribution in [2.24, 2.45) is 0 Å². The molecule has 0 aliphatic carbocycles. The molecule has 10 heteroatoms. The summed E-state index contributed by atoms with van der Waals surface area (Å²) in [5, 5.41) is 13.4. The van der Waals surface area contributed by atoms with Crippen molar-refractivity contribution in [3.63, 3.8) is 0 Å². The highest BCUT2D eigenvalue weighted by Crippen LogP contribution is 2.48. The maximum absolute atomic E-state index is 14.5. The van der Waals surface area contributed by atoms with Crippen molar-refractivity contribution in [3.05, 3.63) is 42.5 Å². The van der Waals surface area contributed by atoms with Gasteiger partial charge in [-0.1, -0.05) is 121 Å². The number of nitrogens with zero attached hydrogens (tertiary/aromatic N) is 1. The van der Waals surface area contributed by atoms with Crippen LogP contribution in [0, 0.1) is 0 Å². The molecule has 1 aromatic rings. The van der Waals surface area contributed by atoms with Crippen LogP contribution in [0.5, 0.6) is 0 Å². The molecule has 2 aliphatic rings. The van der Waals surface area contributed by atoms with Gasteiger partial charge < -0.3 is 19.0 Å². The van der Waals surface area contributed by atoms with Gasteiger partial charge in [0.1, 0.15) is 11.7 Å². The van der Waals surface area contributed by atoms with Crippen LogP contribution in [0.4, 0.5) is 4.79 Å². The lowest BCUT2D eigenvalue weighted by atomic mass is 9.92. The first kappa shape index (κ1) is 40.3. The van der Waals surface area contributed by atoms with Crippen molar-refractivity contribution >= 4 is 39.4 Å². The number of ether oxygens (including phenoxy) is 2. The van der Waals surface area contributed by atoms with Gasteiger partial charge in [0, 0.05) is 5.54 Å². The van der Waals surface area contributed by atoms with E-state index in [-0.39, 0.29) is 23.9 Å². The first-order chi connectivity index (χ1) is 22.2. The van der Waals surface area contributed by atoms with Crippen molar-refractivity contribution in [1.82, 2.24) is 4.90 Å². The molecule has 2 amide bonds. The van der Waals surface area contributed by atoms with Crippen molar-refractivity contribution in [1.29, 1.82) is 0 Å². The van der Waals surface area contributed by atoms with E-state index in [1.54, 1.807) is 26.8 Å². The Bertz CT molecular complexity index is 1280. The zero-order valence-electron chi connectivity index (χ0n) is 31.6. The van der Waals surface area contributed by atoms with Gasteiger partial charge in [0.15, 0.2) is 14.1 Å². The normalized spacial score (nSPS) is 25.2. The number of benzene rings is 1. The standard InChI is InChI=1S/C38H63NO7Si2/c1-12-13-14-15-16-17-21-24-30-31(45-30)25-26-32(40)38(43)33(47(8,9)28-22-19-18-20-23-28)29(27-44-48(10,11)37(5,6)7)39(34(38)41)35(42)46-36(2,3)4/h18-20,22-23,25-26,29-31,33,43H,12-17,21,24,27H2,1-11H3/b26-25+/t29-,30-,31-,33-,38+/m1/s1. The molecule has 2 heterocycles. The highest BCUT2D eigenvalue weighted by atomic mass is 28.4. The van der Waals surface area contributed by atoms with Crippen LogP contribution in [-0.4, -0.2) is 80.2 Å². The molecule has 0 saturated carbocycles. The number of rotatable bonds is 16. The molecular formula is C38H63NO7Si2. The molecule has 1 N–H and O–H groups in total. The highest BCUT2D eigenvalue weighted by Gasteiger charge is 2.69. The first-order valence-electron chi connectivity index (χ1n) is 18.0. The van der Waals surface area contributed by atoms with Gasteiger partial charge in [0.25, 0.3) is 5.91 Å². The Balaban J connectivity index is 1.96. The molecule has 0 unspecified atom stereocenters. The minimum absolute atomic E-state index is 0.000957. The molecule has 0 radical (unpaired) electrons. The molecule has 5 atom stereocenters. The van der Waals surface area contributed by atoms with Crippen molar-refractivity contribution in [2.75, 3.05) is 6.61 Å². The zero-order valence-corrected chi connectivity index (χ0v) is 33.6. The second-order valence-corrected chi connectivity index (χ2v) is 26.4. The third-order valence-corrected chi connectivity index (χ3v) is 19.2. The molecule has 0 spiro atoms. The molecule has 48 heavy (non-hydrogen) atoms. The zero-order chi connectivity index (χ0) is 36.1. The van der Waals surface area contributed by atoms with Crippen molar-refractivity contribution < 1.29 is 33.4 Å². The number of hydrogen-bond acceptors (Lipinski definition) is 7. The van der Waals surface area contributed by atoms with E-state index >= 15 is 0 Å². The molecule has 2 fully saturated rings. The van der Waals surface area contributed by atoms with E-state index < -0.39 is 57.0 Å². The highest BCUT2D eigenvalue weighted by molar-refractivity contribution is 6.92. The topological polar surface area (TPSA) is 106 Å². The Morgan fingerprint density at radius 1 is 0.958 bits per heavy atom. The van der Waals surface area contributed by atoms with E-state index in [4.69, 9.17) is 13.9 Å². The molecule has 2 aliphatic heterocycles. The van der Waals surface area contributed by atoms with Crippen LogP contribution in [0.1, 0.15) is 99.8 Å². The third kappa shape index (κ3) is 9.56. The van der Waals surface area contributed by atoms with Gasteiger partial charge >= 0.3 is 6.09 Å². The summed E-state index contributed by atoms with van der Waals surface area (Å²) in [7, 11) is -5.27. The smallest absolute Gasteiger partial charge is 0.417 e. The second kappa shape index (κ2) is 15.8. The number of carbonyl (C=O) groups is 3. The minimum atomic E-state index is -2.90. The minimum Gasteiger partial charge on any atom is -0.443 e. The maximum Gasteiger partial charge on any atom is 0.417 e. The number of ketones is 1. The van der Waals surface area contributed by atoms with Crippen LogP contribution in [-0.2, 0) is 23.5 Å². The Labute approximate surface area is 292 Å². The van der Waals surface area contributed by atoms with Gasteiger partial charge in [-0.2, -0.15) is 0 Å². The molecule has 3 rings (SSSR count). The van der Waals surface area contributed by atoms with Crippen LogP contribution in [0.15, 0.2) is 42.5 Å². The second-order valence-electron chi connectivity index (χ2n) is 16.9. The van der Waals surface area contributed by atoms with Gasteiger partial charge in [-0.3, -0.25) is 9.59 Å². The number of carbonyl (C=O) groups excluding carboxylic acids is 3. The van der Waals surface area contributed by atoms with Gasteiger partial charge in [0.2, 0.25) is 5.60 Å². The fourth-order valence-corrected chi connectivity index (χ4v) is 11.5. The van der Waals surface area contributed by atoms with Gasteiger partial charge in [0.05, 0.1) is 26.8 Å². The number of amides is 2. The molecule has 0 bridgehead atoms. The molecule has 270 valence electrons. The SMILES string of the molecule is CCCCCCCCC[C@H]1O[C@@H]1/C=C/C(=O)[C@@]1(O)C(=O)N(C(=O)OC(C)(C)C)[C@H](CO[Si](C)(C)C(C)(C)C)[C@H]1[Si](C)(C)c1ccccc1. The van der Waals surface area contributed by atoms with Crippen molar-refractivity contribution in [3.8, 4) is 0 Å². The van der Waals surface area contributed by atoms with Gasteiger partial charge in [-0.05, 0) is 57.5 Å². The van der Waals surface area contributed by atoms with Gasteiger partial charge in [-0.15, -0.1) is 0 Å². The van der Waals surface area contributed by atoms with Crippen LogP contribution in [0.2, 0.25) is 36.8 Å². The first-order valence-corrected chi connectivity index (χ1v) is 24.0. The van der Waals surface area contributed by atoms with E-state index in [1.807, 2.05) is 43.4 Å². The quantitative estimate of drug-likeness (QED) is 0.0614. The summed E-state index contributed by atoms with van der Waals surface area (Å²) < 4.78 is 18.2. The molecular weight excluding hydrogens is 639 g/mol. The largest absolute Gasteiger partial charge is 0.443 e. The van der Waals surface area contributed by atoms with Crippen LogP contribution < -0.4 is 5.19 Å². The third-order valence-electron chi connectivity index (χ3n) is 10.5. The lowest BCUT2D eigenvalue weighted by Gasteiger charge is -2.42. The monoisotopic (exact) mass is 701 g/mol. The van der Waals surface area contributed by atoms with E-state index in [2.05, 4.69) is 40.8 Å². The lowest BCUT2D eigenvalue weighted by Crippen LogP contribution is -2.60.